The molecule has 1 aromatic heterocycles. The molecular formula is C13H11NO4. The monoisotopic (exact) mass is 245 g/mol. The average Bonchev–Trinajstić information content (AvgIpc) is 2.72. The Labute approximate surface area is 102 Å². The molecule has 0 spiro atoms. The molecule has 2 rings (SSSR count). The van der Waals surface area contributed by atoms with Gasteiger partial charge in [0, 0.05) is 22.7 Å². The van der Waals surface area contributed by atoms with Crippen molar-refractivity contribution in [3.63, 3.8) is 0 Å². The molecule has 0 bridgehead atoms. The summed E-state index contributed by atoms with van der Waals surface area (Å²) in [5, 5.41) is 18.5. The minimum absolute atomic E-state index is 0.167. The summed E-state index contributed by atoms with van der Waals surface area (Å²) in [7, 11) is 0. The highest BCUT2D eigenvalue weighted by atomic mass is 16.4. The zero-order valence-corrected chi connectivity index (χ0v) is 9.60. The lowest BCUT2D eigenvalue weighted by Gasteiger charge is -1.98. The largest absolute Gasteiger partial charge is 0.478 e. The molecule has 0 fully saturated rings. The van der Waals surface area contributed by atoms with Crippen molar-refractivity contribution in [2.24, 2.45) is 0 Å². The molecule has 2 aromatic rings. The number of aromatic nitrogens is 1. The first-order chi connectivity index (χ1) is 8.50. The van der Waals surface area contributed by atoms with E-state index in [0.29, 0.717) is 16.5 Å². The third-order valence-electron chi connectivity index (χ3n) is 2.69. The molecule has 0 atom stereocenters. The number of aromatic amines is 1. The van der Waals surface area contributed by atoms with E-state index in [4.69, 9.17) is 10.2 Å². The van der Waals surface area contributed by atoms with Gasteiger partial charge in [-0.1, -0.05) is 12.1 Å². The molecule has 0 saturated heterocycles. The van der Waals surface area contributed by atoms with E-state index in [1.165, 1.54) is 19.1 Å². The smallest absolute Gasteiger partial charge is 0.337 e. The number of carboxylic acid groups (broad SMARTS) is 2. The lowest BCUT2D eigenvalue weighted by molar-refractivity contribution is -0.132. The molecule has 0 aliphatic rings. The first-order valence-corrected chi connectivity index (χ1v) is 5.25. The van der Waals surface area contributed by atoms with Gasteiger partial charge in [-0.3, -0.25) is 0 Å². The first-order valence-electron chi connectivity index (χ1n) is 5.25. The number of hydrogen-bond acceptors (Lipinski definition) is 2. The van der Waals surface area contributed by atoms with Crippen molar-refractivity contribution in [2.45, 2.75) is 6.92 Å². The van der Waals surface area contributed by atoms with E-state index in [1.54, 1.807) is 18.3 Å². The van der Waals surface area contributed by atoms with Crippen LogP contribution in [0.25, 0.3) is 17.0 Å². The minimum Gasteiger partial charge on any atom is -0.478 e. The second-order valence-electron chi connectivity index (χ2n) is 3.91. The summed E-state index contributed by atoms with van der Waals surface area (Å²) in [4.78, 5) is 24.7. The average molecular weight is 245 g/mol. The lowest BCUT2D eigenvalue weighted by atomic mass is 10.1. The van der Waals surface area contributed by atoms with Gasteiger partial charge in [0.25, 0.3) is 0 Å². The Kier molecular flexibility index (Phi) is 2.89. The molecule has 3 N–H and O–H groups in total. The number of carboxylic acids is 2. The first kappa shape index (κ1) is 11.9. The summed E-state index contributed by atoms with van der Waals surface area (Å²) in [6.45, 7) is 1.49. The highest BCUT2D eigenvalue weighted by Gasteiger charge is 2.11. The van der Waals surface area contributed by atoms with Crippen molar-refractivity contribution in [2.75, 3.05) is 0 Å². The summed E-state index contributed by atoms with van der Waals surface area (Å²) in [5.74, 6) is -2.02. The van der Waals surface area contributed by atoms with Gasteiger partial charge < -0.3 is 15.2 Å². The number of fused-ring (bicyclic) bond motifs is 1. The quantitative estimate of drug-likeness (QED) is 0.724. The third kappa shape index (κ3) is 1.98. The number of H-pyrrole nitrogens is 1. The Balaban J connectivity index is 2.63. The highest BCUT2D eigenvalue weighted by molar-refractivity contribution is 6.05. The second-order valence-corrected chi connectivity index (χ2v) is 3.91. The number of para-hydroxylation sites is 1. The van der Waals surface area contributed by atoms with E-state index < -0.39 is 11.9 Å². The molecule has 5 nitrogen and oxygen atoms in total. The molecular weight excluding hydrogens is 234 g/mol. The molecule has 0 radical (unpaired) electrons. The van der Waals surface area contributed by atoms with Gasteiger partial charge in [-0.15, -0.1) is 0 Å². The summed E-state index contributed by atoms with van der Waals surface area (Å²) < 4.78 is 0. The molecule has 1 heterocycles. The molecule has 0 aliphatic carbocycles. The van der Waals surface area contributed by atoms with Gasteiger partial charge in [-0.2, -0.15) is 0 Å². The number of nitrogens with one attached hydrogen (secondary N) is 1. The number of rotatable bonds is 3. The molecule has 18 heavy (non-hydrogen) atoms. The predicted molar refractivity (Wildman–Crippen MR) is 66.5 cm³/mol. The zero-order valence-electron chi connectivity index (χ0n) is 9.60. The van der Waals surface area contributed by atoms with Gasteiger partial charge in [0.1, 0.15) is 0 Å². The van der Waals surface area contributed by atoms with E-state index in [0.717, 1.165) is 0 Å². The number of aliphatic carboxylic acids is 1. The highest BCUT2D eigenvalue weighted by Crippen LogP contribution is 2.23. The predicted octanol–water partition coefficient (Wildman–Crippen LogP) is 2.35. The van der Waals surface area contributed by atoms with E-state index in [-0.39, 0.29) is 11.1 Å². The summed E-state index contributed by atoms with van der Waals surface area (Å²) in [6.07, 6.45) is 3.11. The van der Waals surface area contributed by atoms with Crippen LogP contribution in [0.5, 0.6) is 0 Å². The maximum Gasteiger partial charge on any atom is 0.337 e. The Morgan fingerprint density at radius 1 is 1.28 bits per heavy atom. The van der Waals surface area contributed by atoms with E-state index in [9.17, 15) is 9.59 Å². The Hall–Kier alpha value is -2.56. The standard InChI is InChI=1S/C13H11NO4/c1-7(12(15)16)5-8-6-14-11-9(8)3-2-4-10(11)13(17)18/h2-6,14H,1H3,(H,15,16)(H,17,18)/b7-5-. The second kappa shape index (κ2) is 4.37. The van der Waals surface area contributed by atoms with Crippen LogP contribution < -0.4 is 0 Å². The van der Waals surface area contributed by atoms with Crippen molar-refractivity contribution in [1.82, 2.24) is 4.98 Å². The third-order valence-corrected chi connectivity index (χ3v) is 2.69. The van der Waals surface area contributed by atoms with Gasteiger partial charge in [-0.25, -0.2) is 9.59 Å². The fourth-order valence-corrected chi connectivity index (χ4v) is 1.77. The maximum atomic E-state index is 11.0. The molecule has 0 aliphatic heterocycles. The van der Waals surface area contributed by atoms with E-state index >= 15 is 0 Å². The molecule has 92 valence electrons. The lowest BCUT2D eigenvalue weighted by Crippen LogP contribution is -1.97. The van der Waals surface area contributed by atoms with Crippen LogP contribution in [0.2, 0.25) is 0 Å². The van der Waals surface area contributed by atoms with Crippen LogP contribution in [0, 0.1) is 0 Å². The number of carbonyl (C=O) groups is 2. The Morgan fingerprint density at radius 3 is 2.61 bits per heavy atom. The van der Waals surface area contributed by atoms with Crippen LogP contribution in [0.3, 0.4) is 0 Å². The molecule has 5 heteroatoms. The van der Waals surface area contributed by atoms with Gasteiger partial charge in [0.2, 0.25) is 0 Å². The van der Waals surface area contributed by atoms with Gasteiger partial charge in [-0.05, 0) is 19.1 Å². The van der Waals surface area contributed by atoms with Crippen molar-refractivity contribution in [3.8, 4) is 0 Å². The van der Waals surface area contributed by atoms with Crippen LogP contribution in [0.4, 0.5) is 0 Å². The maximum absolute atomic E-state index is 11.0. The van der Waals surface area contributed by atoms with Crippen LogP contribution in [-0.4, -0.2) is 27.1 Å². The van der Waals surface area contributed by atoms with E-state index in [2.05, 4.69) is 4.98 Å². The Bertz CT molecular complexity index is 667. The zero-order chi connectivity index (χ0) is 13.3. The summed E-state index contributed by atoms with van der Waals surface area (Å²) in [5.41, 5.74) is 1.51. The Morgan fingerprint density at radius 2 is 2.00 bits per heavy atom. The van der Waals surface area contributed by atoms with Crippen molar-refractivity contribution in [3.05, 3.63) is 41.1 Å². The van der Waals surface area contributed by atoms with Gasteiger partial charge in [0.15, 0.2) is 0 Å². The fraction of sp³-hybridized carbons (Fsp3) is 0.0769. The molecule has 1 aromatic carbocycles. The summed E-state index contributed by atoms with van der Waals surface area (Å²) in [6, 6.07) is 4.88. The van der Waals surface area contributed by atoms with Gasteiger partial charge in [0.05, 0.1) is 11.1 Å². The minimum atomic E-state index is -1.02. The number of aromatic carboxylic acids is 1. The molecule has 0 saturated carbocycles. The topological polar surface area (TPSA) is 90.4 Å². The van der Waals surface area contributed by atoms with Crippen molar-refractivity contribution in [1.29, 1.82) is 0 Å². The molecule has 0 amide bonds. The summed E-state index contributed by atoms with van der Waals surface area (Å²) >= 11 is 0. The van der Waals surface area contributed by atoms with Gasteiger partial charge >= 0.3 is 11.9 Å². The van der Waals surface area contributed by atoms with Crippen LogP contribution in [-0.2, 0) is 4.79 Å². The van der Waals surface area contributed by atoms with Crippen molar-refractivity contribution >= 4 is 28.9 Å². The normalized spacial score (nSPS) is 11.7. The van der Waals surface area contributed by atoms with Crippen molar-refractivity contribution < 1.29 is 19.8 Å². The van der Waals surface area contributed by atoms with E-state index in [1.807, 2.05) is 0 Å². The molecule has 0 unspecified atom stereocenters. The van der Waals surface area contributed by atoms with Crippen LogP contribution in [0.15, 0.2) is 30.0 Å². The number of hydrogen-bond donors (Lipinski definition) is 3. The SMILES string of the molecule is C/C(=C/c1c[nH]c2c(C(=O)O)cccc12)C(=O)O. The number of benzene rings is 1. The van der Waals surface area contributed by atoms with Crippen LogP contribution >= 0.6 is 0 Å². The fourth-order valence-electron chi connectivity index (χ4n) is 1.77. The van der Waals surface area contributed by atoms with Crippen LogP contribution in [0.1, 0.15) is 22.8 Å².